The number of hydrogen-bond donors (Lipinski definition) is 1. The van der Waals surface area contributed by atoms with Gasteiger partial charge in [0.2, 0.25) is 0 Å². The molecule has 6 nitrogen and oxygen atoms in total. The normalized spacial score (nSPS) is 34.9. The lowest BCUT2D eigenvalue weighted by Crippen LogP contribution is -2.56. The Balaban J connectivity index is 1.68. The van der Waals surface area contributed by atoms with Gasteiger partial charge in [-0.05, 0) is 26.1 Å². The number of halogens is 1. The molecule has 2 aliphatic heterocycles. The Kier molecular flexibility index (Phi) is 5.22. The highest BCUT2D eigenvalue weighted by Crippen LogP contribution is 2.32. The summed E-state index contributed by atoms with van der Waals surface area (Å²) in [7, 11) is 1.83. The summed E-state index contributed by atoms with van der Waals surface area (Å²) in [5, 5.41) is 3.01. The van der Waals surface area contributed by atoms with Crippen LogP contribution < -0.4 is 5.32 Å². The quantitative estimate of drug-likeness (QED) is 0.837. The lowest BCUT2D eigenvalue weighted by molar-refractivity contribution is -0.0198. The number of morpholine rings is 1. The van der Waals surface area contributed by atoms with Crippen molar-refractivity contribution in [3.05, 3.63) is 23.9 Å². The highest BCUT2D eigenvalue weighted by Gasteiger charge is 2.41. The van der Waals surface area contributed by atoms with Crippen LogP contribution in [0.15, 0.2) is 23.9 Å². The number of nitrogens with one attached hydrogen (secondary N) is 1. The van der Waals surface area contributed by atoms with E-state index in [1.165, 1.54) is 11.0 Å². The Morgan fingerprint density at radius 3 is 2.75 bits per heavy atom. The number of hydrogen-bond acceptors (Lipinski definition) is 5. The fourth-order valence-electron chi connectivity index (χ4n) is 3.46. The molecule has 2 heterocycles. The summed E-state index contributed by atoms with van der Waals surface area (Å²) in [6.07, 6.45) is 4.27. The van der Waals surface area contributed by atoms with E-state index in [0.717, 1.165) is 6.42 Å². The highest BCUT2D eigenvalue weighted by molar-refractivity contribution is 5.72. The smallest absolute Gasteiger partial charge is 0.414 e. The van der Waals surface area contributed by atoms with Gasteiger partial charge in [-0.25, -0.2) is 9.18 Å². The molecule has 3 aliphatic rings. The van der Waals surface area contributed by atoms with Crippen molar-refractivity contribution >= 4 is 6.09 Å². The van der Waals surface area contributed by atoms with Gasteiger partial charge in [0.1, 0.15) is 12.3 Å². The van der Waals surface area contributed by atoms with Gasteiger partial charge in [-0.15, -0.1) is 0 Å². The number of alkyl halides is 1. The standard InChI is InChI=1S/C17H26FN3O3/c1-17(20-7-9-23-10-8-20)5-3-13(11-15(17)18)21-6-4-14(12-19-2)24-16(21)22/h3,5,11,14-15,19H,4,6-10,12H2,1-2H3. The van der Waals surface area contributed by atoms with E-state index in [0.29, 0.717) is 45.1 Å². The van der Waals surface area contributed by atoms with E-state index in [2.05, 4.69) is 10.2 Å². The molecule has 2 saturated heterocycles. The van der Waals surface area contributed by atoms with Gasteiger partial charge in [0, 0.05) is 38.3 Å². The molecule has 0 aromatic rings. The first-order valence-electron chi connectivity index (χ1n) is 8.55. The summed E-state index contributed by atoms with van der Waals surface area (Å²) in [6.45, 7) is 5.74. The average Bonchev–Trinajstić information content (AvgIpc) is 2.59. The number of nitrogens with zero attached hydrogens (tertiary/aromatic N) is 2. The molecule has 3 unspecified atom stereocenters. The molecular weight excluding hydrogens is 313 g/mol. The van der Waals surface area contributed by atoms with E-state index >= 15 is 0 Å². The molecule has 0 saturated carbocycles. The van der Waals surface area contributed by atoms with Gasteiger partial charge >= 0.3 is 6.09 Å². The van der Waals surface area contributed by atoms with Crippen molar-refractivity contribution in [2.75, 3.05) is 46.4 Å². The van der Waals surface area contributed by atoms with Crippen molar-refractivity contribution in [3.8, 4) is 0 Å². The second-order valence-corrected chi connectivity index (χ2v) is 6.66. The summed E-state index contributed by atoms with van der Waals surface area (Å²) in [4.78, 5) is 15.8. The summed E-state index contributed by atoms with van der Waals surface area (Å²) < 4.78 is 25.7. The average molecular weight is 339 g/mol. The first-order valence-corrected chi connectivity index (χ1v) is 8.55. The van der Waals surface area contributed by atoms with Crippen LogP contribution >= 0.6 is 0 Å². The molecule has 1 amide bonds. The van der Waals surface area contributed by atoms with Gasteiger partial charge in [-0.2, -0.15) is 0 Å². The second kappa shape index (κ2) is 7.21. The van der Waals surface area contributed by atoms with Gasteiger partial charge in [-0.3, -0.25) is 9.80 Å². The zero-order valence-electron chi connectivity index (χ0n) is 14.3. The lowest BCUT2D eigenvalue weighted by atomic mass is 9.87. The molecule has 0 aromatic carbocycles. The molecule has 2 fully saturated rings. The van der Waals surface area contributed by atoms with Crippen LogP contribution in [0.2, 0.25) is 0 Å². The largest absolute Gasteiger partial charge is 0.444 e. The number of allylic oxidation sites excluding steroid dienone is 1. The molecule has 7 heteroatoms. The van der Waals surface area contributed by atoms with Crippen molar-refractivity contribution < 1.29 is 18.7 Å². The van der Waals surface area contributed by atoms with Crippen LogP contribution in [0.25, 0.3) is 0 Å². The monoisotopic (exact) mass is 339 g/mol. The van der Waals surface area contributed by atoms with Crippen molar-refractivity contribution in [1.82, 2.24) is 15.1 Å². The van der Waals surface area contributed by atoms with E-state index in [-0.39, 0.29) is 6.10 Å². The van der Waals surface area contributed by atoms with Gasteiger partial charge < -0.3 is 14.8 Å². The number of ether oxygens (including phenoxy) is 2. The predicted octanol–water partition coefficient (Wildman–Crippen LogP) is 1.30. The van der Waals surface area contributed by atoms with Crippen molar-refractivity contribution in [3.63, 3.8) is 0 Å². The molecule has 3 atom stereocenters. The Bertz CT molecular complexity index is 533. The third-order valence-electron chi connectivity index (χ3n) is 5.07. The fourth-order valence-corrected chi connectivity index (χ4v) is 3.46. The van der Waals surface area contributed by atoms with Crippen LogP contribution in [0.3, 0.4) is 0 Å². The maximum Gasteiger partial charge on any atom is 0.414 e. The lowest BCUT2D eigenvalue weighted by Gasteiger charge is -2.44. The van der Waals surface area contributed by atoms with Crippen LogP contribution in [0, 0.1) is 0 Å². The van der Waals surface area contributed by atoms with Gasteiger partial charge in [0.05, 0.1) is 18.8 Å². The topological polar surface area (TPSA) is 54.0 Å². The summed E-state index contributed by atoms with van der Waals surface area (Å²) in [5.74, 6) is 0. The molecule has 0 bridgehead atoms. The minimum absolute atomic E-state index is 0.119. The highest BCUT2D eigenvalue weighted by atomic mass is 19.1. The minimum Gasteiger partial charge on any atom is -0.444 e. The Hall–Kier alpha value is -1.44. The van der Waals surface area contributed by atoms with Crippen molar-refractivity contribution in [1.29, 1.82) is 0 Å². The summed E-state index contributed by atoms with van der Waals surface area (Å²) >= 11 is 0. The maximum absolute atomic E-state index is 14.9. The molecular formula is C17H26FN3O3. The van der Waals surface area contributed by atoms with Crippen LogP contribution in [0.1, 0.15) is 13.3 Å². The first-order chi connectivity index (χ1) is 11.5. The molecule has 1 N–H and O–H groups in total. The zero-order chi connectivity index (χ0) is 17.2. The molecule has 0 aromatic heterocycles. The second-order valence-electron chi connectivity index (χ2n) is 6.66. The zero-order valence-corrected chi connectivity index (χ0v) is 14.3. The van der Waals surface area contributed by atoms with E-state index in [4.69, 9.17) is 9.47 Å². The summed E-state index contributed by atoms with van der Waals surface area (Å²) in [6, 6.07) is 0. The maximum atomic E-state index is 14.9. The fraction of sp³-hybridized carbons (Fsp3) is 0.706. The van der Waals surface area contributed by atoms with Crippen molar-refractivity contribution in [2.45, 2.75) is 31.2 Å². The van der Waals surface area contributed by atoms with Gasteiger partial charge in [0.15, 0.2) is 0 Å². The van der Waals surface area contributed by atoms with Crippen LogP contribution in [0.4, 0.5) is 9.18 Å². The Morgan fingerprint density at radius 1 is 1.38 bits per heavy atom. The van der Waals surface area contributed by atoms with Gasteiger partial charge in [-0.1, -0.05) is 6.08 Å². The van der Waals surface area contributed by atoms with Crippen LogP contribution in [-0.2, 0) is 9.47 Å². The molecule has 24 heavy (non-hydrogen) atoms. The molecule has 3 rings (SSSR count). The number of carbonyl (C=O) groups excluding carboxylic acids is 1. The van der Waals surface area contributed by atoms with Crippen molar-refractivity contribution in [2.24, 2.45) is 0 Å². The molecule has 1 aliphatic carbocycles. The van der Waals surface area contributed by atoms with Crippen LogP contribution in [0.5, 0.6) is 0 Å². The minimum atomic E-state index is -1.18. The predicted molar refractivity (Wildman–Crippen MR) is 88.4 cm³/mol. The summed E-state index contributed by atoms with van der Waals surface area (Å²) in [5.41, 5.74) is -0.108. The number of amides is 1. The van der Waals surface area contributed by atoms with E-state index in [1.54, 1.807) is 0 Å². The number of likely N-dealkylation sites (N-methyl/N-ethyl adjacent to an activating group) is 1. The Morgan fingerprint density at radius 2 is 2.12 bits per heavy atom. The third kappa shape index (κ3) is 3.34. The number of carbonyl (C=O) groups is 1. The van der Waals surface area contributed by atoms with E-state index in [9.17, 15) is 9.18 Å². The van der Waals surface area contributed by atoms with E-state index in [1.807, 2.05) is 26.1 Å². The molecule has 134 valence electrons. The van der Waals surface area contributed by atoms with Gasteiger partial charge in [0.25, 0.3) is 0 Å². The molecule has 0 spiro atoms. The number of rotatable bonds is 4. The first kappa shape index (κ1) is 17.4. The number of cyclic esters (lactones) is 1. The SMILES string of the molecule is CNCC1CCN(C2=CC(F)C(C)(N3CCOCC3)C=C2)C(=O)O1. The third-order valence-corrected chi connectivity index (χ3v) is 5.07. The molecule has 0 radical (unpaired) electrons. The van der Waals surface area contributed by atoms with Crippen LogP contribution in [-0.4, -0.2) is 80.1 Å². The van der Waals surface area contributed by atoms with E-state index < -0.39 is 17.8 Å². The Labute approximate surface area is 142 Å².